The van der Waals surface area contributed by atoms with E-state index in [-0.39, 0.29) is 17.2 Å². The zero-order valence-corrected chi connectivity index (χ0v) is 8.86. The molecule has 2 atom stereocenters. The maximum Gasteiger partial charge on any atom is 0.233 e. The standard InChI is InChI=1S/C9H16N2OS/c1-4-5-11-9(12)8(3)13-6-7(2)10/h1,7-8H,5-6,10H2,2-3H3,(H,11,12). The third-order valence-electron chi connectivity index (χ3n) is 1.34. The molecule has 4 heteroatoms. The second-order valence-electron chi connectivity index (χ2n) is 2.87. The van der Waals surface area contributed by atoms with Crippen LogP contribution in [0.4, 0.5) is 0 Å². The van der Waals surface area contributed by atoms with Crippen molar-refractivity contribution in [3.05, 3.63) is 0 Å². The minimum Gasteiger partial charge on any atom is -0.344 e. The van der Waals surface area contributed by atoms with Crippen molar-refractivity contribution in [1.82, 2.24) is 5.32 Å². The van der Waals surface area contributed by atoms with E-state index in [1.807, 2.05) is 13.8 Å². The van der Waals surface area contributed by atoms with Crippen molar-refractivity contribution in [1.29, 1.82) is 0 Å². The largest absolute Gasteiger partial charge is 0.344 e. The molecule has 13 heavy (non-hydrogen) atoms. The van der Waals surface area contributed by atoms with Crippen molar-refractivity contribution >= 4 is 17.7 Å². The zero-order valence-electron chi connectivity index (χ0n) is 8.04. The molecule has 0 aromatic rings. The molecule has 0 fully saturated rings. The summed E-state index contributed by atoms with van der Waals surface area (Å²) in [6, 6.07) is 0.118. The Morgan fingerprint density at radius 1 is 1.69 bits per heavy atom. The van der Waals surface area contributed by atoms with Crippen LogP contribution in [0.15, 0.2) is 0 Å². The van der Waals surface area contributed by atoms with Crippen molar-refractivity contribution < 1.29 is 4.79 Å². The van der Waals surface area contributed by atoms with Gasteiger partial charge in [0.05, 0.1) is 11.8 Å². The molecule has 0 aromatic heterocycles. The predicted octanol–water partition coefficient (Wildman–Crippen LogP) is 0.205. The molecule has 0 aliphatic carbocycles. The Bertz CT molecular complexity index is 198. The van der Waals surface area contributed by atoms with Crippen molar-refractivity contribution in [3.8, 4) is 12.3 Å². The lowest BCUT2D eigenvalue weighted by molar-refractivity contribution is -0.120. The summed E-state index contributed by atoms with van der Waals surface area (Å²) in [5, 5.41) is 2.54. The van der Waals surface area contributed by atoms with Crippen LogP contribution in [0.3, 0.4) is 0 Å². The second kappa shape index (κ2) is 6.81. The fraction of sp³-hybridized carbons (Fsp3) is 0.667. The smallest absolute Gasteiger partial charge is 0.233 e. The van der Waals surface area contributed by atoms with Gasteiger partial charge in [-0.25, -0.2) is 0 Å². The van der Waals surface area contributed by atoms with Crippen LogP contribution in [0.25, 0.3) is 0 Å². The number of hydrogen-bond acceptors (Lipinski definition) is 3. The third-order valence-corrected chi connectivity index (χ3v) is 2.78. The first-order valence-electron chi connectivity index (χ1n) is 4.16. The molecule has 0 aliphatic rings. The monoisotopic (exact) mass is 200 g/mol. The molecular weight excluding hydrogens is 184 g/mol. The van der Waals surface area contributed by atoms with E-state index < -0.39 is 0 Å². The average molecular weight is 200 g/mol. The van der Waals surface area contributed by atoms with Crippen molar-refractivity contribution in [3.63, 3.8) is 0 Å². The van der Waals surface area contributed by atoms with Crippen LogP contribution < -0.4 is 11.1 Å². The van der Waals surface area contributed by atoms with Gasteiger partial charge in [0.15, 0.2) is 0 Å². The number of carbonyl (C=O) groups is 1. The minimum absolute atomic E-state index is 0.0244. The van der Waals surface area contributed by atoms with E-state index in [4.69, 9.17) is 12.2 Å². The molecule has 0 bridgehead atoms. The number of hydrogen-bond donors (Lipinski definition) is 2. The minimum atomic E-state index is -0.0839. The summed E-state index contributed by atoms with van der Waals surface area (Å²) in [6.07, 6.45) is 5.01. The Morgan fingerprint density at radius 3 is 2.77 bits per heavy atom. The van der Waals surface area contributed by atoms with Gasteiger partial charge in [0.2, 0.25) is 5.91 Å². The van der Waals surface area contributed by atoms with Crippen molar-refractivity contribution in [2.75, 3.05) is 12.3 Å². The Hall–Kier alpha value is -0.660. The van der Waals surface area contributed by atoms with E-state index in [0.717, 1.165) is 5.75 Å². The van der Waals surface area contributed by atoms with Crippen LogP contribution in [0.1, 0.15) is 13.8 Å². The lowest BCUT2D eigenvalue weighted by atomic mass is 10.4. The first-order chi connectivity index (χ1) is 6.07. The first kappa shape index (κ1) is 12.3. The normalized spacial score (nSPS) is 14.3. The molecule has 0 rings (SSSR count). The summed E-state index contributed by atoms with van der Waals surface area (Å²) in [7, 11) is 0. The summed E-state index contributed by atoms with van der Waals surface area (Å²) in [4.78, 5) is 11.2. The number of terminal acetylenes is 1. The van der Waals surface area contributed by atoms with Gasteiger partial charge in [-0.2, -0.15) is 0 Å². The van der Waals surface area contributed by atoms with Gasteiger partial charge in [-0.1, -0.05) is 5.92 Å². The van der Waals surface area contributed by atoms with Gasteiger partial charge in [0.25, 0.3) is 0 Å². The molecule has 3 nitrogen and oxygen atoms in total. The van der Waals surface area contributed by atoms with Gasteiger partial charge in [-0.15, -0.1) is 18.2 Å². The molecule has 3 N–H and O–H groups in total. The number of thioether (sulfide) groups is 1. The summed E-state index contributed by atoms with van der Waals surface area (Å²) in [6.45, 7) is 4.06. The van der Waals surface area contributed by atoms with Gasteiger partial charge < -0.3 is 11.1 Å². The first-order valence-corrected chi connectivity index (χ1v) is 5.21. The molecule has 74 valence electrons. The van der Waals surface area contributed by atoms with E-state index >= 15 is 0 Å². The fourth-order valence-corrected chi connectivity index (χ4v) is 1.48. The van der Waals surface area contributed by atoms with E-state index in [1.165, 1.54) is 11.8 Å². The Kier molecular flexibility index (Phi) is 6.47. The van der Waals surface area contributed by atoms with Gasteiger partial charge >= 0.3 is 0 Å². The highest BCUT2D eigenvalue weighted by molar-refractivity contribution is 8.00. The van der Waals surface area contributed by atoms with Gasteiger partial charge in [-0.3, -0.25) is 4.79 Å². The van der Waals surface area contributed by atoms with Crippen molar-refractivity contribution in [2.45, 2.75) is 25.1 Å². The maximum absolute atomic E-state index is 11.2. The van der Waals surface area contributed by atoms with Crippen LogP contribution in [0.2, 0.25) is 0 Å². The third kappa shape index (κ3) is 6.50. The molecule has 0 radical (unpaired) electrons. The molecule has 0 saturated carbocycles. The second-order valence-corrected chi connectivity index (χ2v) is 4.25. The zero-order chi connectivity index (χ0) is 10.3. The highest BCUT2D eigenvalue weighted by Crippen LogP contribution is 2.10. The Morgan fingerprint density at radius 2 is 2.31 bits per heavy atom. The Labute approximate surface area is 83.8 Å². The molecule has 0 aromatic carbocycles. The number of nitrogens with one attached hydrogen (secondary N) is 1. The number of carbonyl (C=O) groups excluding carboxylic acids is 1. The molecule has 0 spiro atoms. The summed E-state index contributed by atoms with van der Waals surface area (Å²) < 4.78 is 0. The van der Waals surface area contributed by atoms with Crippen molar-refractivity contribution in [2.24, 2.45) is 5.73 Å². The van der Waals surface area contributed by atoms with Gasteiger partial charge in [0.1, 0.15) is 0 Å². The highest BCUT2D eigenvalue weighted by Gasteiger charge is 2.12. The lowest BCUT2D eigenvalue weighted by Gasteiger charge is -2.11. The van der Waals surface area contributed by atoms with Crippen LogP contribution in [0, 0.1) is 12.3 Å². The van der Waals surface area contributed by atoms with Gasteiger partial charge in [0, 0.05) is 11.8 Å². The fourth-order valence-electron chi connectivity index (χ4n) is 0.654. The van der Waals surface area contributed by atoms with E-state index in [2.05, 4.69) is 11.2 Å². The molecular formula is C9H16N2OS. The molecule has 0 saturated heterocycles. The summed E-state index contributed by atoms with van der Waals surface area (Å²) in [5.74, 6) is 3.11. The lowest BCUT2D eigenvalue weighted by Crippen LogP contribution is -2.32. The quantitative estimate of drug-likeness (QED) is 0.624. The maximum atomic E-state index is 11.2. The highest BCUT2D eigenvalue weighted by atomic mass is 32.2. The van der Waals surface area contributed by atoms with E-state index in [1.54, 1.807) is 0 Å². The van der Waals surface area contributed by atoms with Crippen LogP contribution in [-0.4, -0.2) is 29.5 Å². The topological polar surface area (TPSA) is 55.1 Å². The number of nitrogens with two attached hydrogens (primary N) is 1. The van der Waals surface area contributed by atoms with Gasteiger partial charge in [-0.05, 0) is 13.8 Å². The number of rotatable bonds is 5. The predicted molar refractivity (Wildman–Crippen MR) is 57.4 cm³/mol. The van der Waals surface area contributed by atoms with Crippen LogP contribution in [0.5, 0.6) is 0 Å². The Balaban J connectivity index is 3.64. The van der Waals surface area contributed by atoms with E-state index in [9.17, 15) is 4.79 Å². The molecule has 1 amide bonds. The van der Waals surface area contributed by atoms with Crippen LogP contribution >= 0.6 is 11.8 Å². The SMILES string of the molecule is C#CCNC(=O)C(C)SCC(C)N. The molecule has 2 unspecified atom stereocenters. The molecule has 0 heterocycles. The van der Waals surface area contributed by atoms with E-state index in [0.29, 0.717) is 6.54 Å². The average Bonchev–Trinajstić information content (AvgIpc) is 2.10. The summed E-state index contributed by atoms with van der Waals surface area (Å²) >= 11 is 1.54. The summed E-state index contributed by atoms with van der Waals surface area (Å²) in [5.41, 5.74) is 5.56. The van der Waals surface area contributed by atoms with Crippen LogP contribution in [-0.2, 0) is 4.79 Å². The number of amides is 1. The molecule has 0 aliphatic heterocycles.